The molecule has 12 heteroatoms. The molecule has 0 amide bonds. The van der Waals surface area contributed by atoms with Crippen molar-refractivity contribution in [3.63, 3.8) is 0 Å². The number of hydrogen-bond donors (Lipinski definition) is 5. The van der Waals surface area contributed by atoms with Crippen molar-refractivity contribution in [3.8, 4) is 0 Å². The smallest absolute Gasteiger partial charge is 0.451 e. The number of hydrogen-bond acceptors (Lipinski definition) is 7. The zero-order valence-electron chi connectivity index (χ0n) is 13.3. The molecule has 2 bridgehead atoms. The summed E-state index contributed by atoms with van der Waals surface area (Å²) in [6, 6.07) is 0. The monoisotopic (exact) mass is 362 g/mol. The highest BCUT2D eigenvalue weighted by molar-refractivity contribution is 7.87. The number of nitrogens with zero attached hydrogens (tertiary/aromatic N) is 2. The van der Waals surface area contributed by atoms with Crippen molar-refractivity contribution >= 4 is 23.3 Å². The van der Waals surface area contributed by atoms with Crippen LogP contribution in [0, 0.1) is 5.92 Å². The van der Waals surface area contributed by atoms with E-state index in [-0.39, 0.29) is 19.4 Å². The van der Waals surface area contributed by atoms with Crippen molar-refractivity contribution in [2.75, 3.05) is 32.7 Å². The number of carboxylic acids is 1. The molecule has 0 aromatic carbocycles. The summed E-state index contributed by atoms with van der Waals surface area (Å²) in [7, 11) is -5.27. The van der Waals surface area contributed by atoms with Crippen molar-refractivity contribution in [3.05, 3.63) is 0 Å². The van der Waals surface area contributed by atoms with Gasteiger partial charge in [-0.05, 0) is 12.7 Å². The lowest BCUT2D eigenvalue weighted by atomic mass is 9.78. The predicted octanol–water partition coefficient (Wildman–Crippen LogP) is -3.14. The molecule has 4 saturated heterocycles. The molecule has 4 rings (SSSR count). The molecule has 0 aromatic heterocycles. The number of nitrogens with two attached hydrogens (primary N) is 1. The van der Waals surface area contributed by atoms with Gasteiger partial charge in [0.15, 0.2) is 0 Å². The lowest BCUT2D eigenvalue weighted by molar-refractivity contribution is -0.144. The van der Waals surface area contributed by atoms with Gasteiger partial charge < -0.3 is 20.9 Å². The summed E-state index contributed by atoms with van der Waals surface area (Å²) < 4.78 is 28.9. The van der Waals surface area contributed by atoms with Crippen LogP contribution in [0.3, 0.4) is 0 Å². The first kappa shape index (κ1) is 18.0. The summed E-state index contributed by atoms with van der Waals surface area (Å²) in [6.45, 7) is 1.78. The van der Waals surface area contributed by atoms with Gasteiger partial charge in [-0.2, -0.15) is 17.4 Å². The third kappa shape index (κ3) is 3.07. The number of rotatable bonds is 8. The molecule has 0 unspecified atom stereocenters. The first-order valence-corrected chi connectivity index (χ1v) is 9.40. The van der Waals surface area contributed by atoms with Gasteiger partial charge in [-0.1, -0.05) is 6.42 Å². The lowest BCUT2D eigenvalue weighted by Crippen LogP contribution is -2.86. The second kappa shape index (κ2) is 5.90. The number of nitrogens with one attached hydrogen (secondary N) is 1. The van der Waals surface area contributed by atoms with Gasteiger partial charge in [0.05, 0.1) is 5.54 Å². The fourth-order valence-electron chi connectivity index (χ4n) is 3.80. The summed E-state index contributed by atoms with van der Waals surface area (Å²) in [5, 5.41) is 27.3. The van der Waals surface area contributed by atoms with Crippen molar-refractivity contribution in [1.82, 2.24) is 13.9 Å². The molecular weight excluding hydrogens is 339 g/mol. The highest BCUT2D eigenvalue weighted by Gasteiger charge is 2.59. The number of aliphatic carboxylic acids is 1. The Labute approximate surface area is 140 Å². The topological polar surface area (TPSA) is 156 Å². The fourth-order valence-corrected chi connectivity index (χ4v) is 5.43. The molecule has 4 aliphatic rings. The molecule has 136 valence electrons. The zero-order valence-corrected chi connectivity index (χ0v) is 14.1. The van der Waals surface area contributed by atoms with Crippen LogP contribution in [0.2, 0.25) is 6.32 Å². The van der Waals surface area contributed by atoms with E-state index in [0.717, 1.165) is 4.31 Å². The van der Waals surface area contributed by atoms with Gasteiger partial charge in [-0.3, -0.25) is 9.69 Å². The Bertz CT molecular complexity index is 614. The van der Waals surface area contributed by atoms with Crippen LogP contribution < -0.4 is 10.5 Å². The zero-order chi connectivity index (χ0) is 17.8. The second-order valence-corrected chi connectivity index (χ2v) is 8.95. The van der Waals surface area contributed by atoms with Crippen LogP contribution in [-0.2, 0) is 15.0 Å². The third-order valence-corrected chi connectivity index (χ3v) is 6.92. The molecule has 0 radical (unpaired) electrons. The van der Waals surface area contributed by atoms with E-state index in [1.165, 1.54) is 0 Å². The average molecular weight is 362 g/mol. The molecule has 0 spiro atoms. The first-order chi connectivity index (χ1) is 11.1. The third-order valence-electron chi connectivity index (χ3n) is 5.27. The molecule has 4 aliphatic heterocycles. The van der Waals surface area contributed by atoms with Crippen LogP contribution in [0.25, 0.3) is 0 Å². The predicted molar refractivity (Wildman–Crippen MR) is 85.1 cm³/mol. The maximum atomic E-state index is 12.6. The van der Waals surface area contributed by atoms with E-state index >= 15 is 0 Å². The quantitative estimate of drug-likeness (QED) is 0.284. The number of carbonyl (C=O) groups is 1. The Morgan fingerprint density at radius 2 is 1.92 bits per heavy atom. The van der Waals surface area contributed by atoms with E-state index in [2.05, 4.69) is 9.62 Å². The molecule has 4 fully saturated rings. The SMILES string of the molecule is N[C@@]1(C(=O)O)CN(S(=O)(=O)NC23CN(C2)C3)C[C@@H]1CCCB(O)O. The molecule has 0 aromatic rings. The van der Waals surface area contributed by atoms with Gasteiger partial charge in [-0.15, -0.1) is 0 Å². The van der Waals surface area contributed by atoms with E-state index in [9.17, 15) is 18.3 Å². The minimum atomic E-state index is -3.80. The summed E-state index contributed by atoms with van der Waals surface area (Å²) in [6.07, 6.45) is 0.760. The average Bonchev–Trinajstić information content (AvgIpc) is 2.72. The highest BCUT2D eigenvalue weighted by Crippen LogP contribution is 2.37. The van der Waals surface area contributed by atoms with E-state index < -0.39 is 40.3 Å². The van der Waals surface area contributed by atoms with Gasteiger partial charge >= 0.3 is 13.1 Å². The molecule has 0 saturated carbocycles. The van der Waals surface area contributed by atoms with Gasteiger partial charge in [0.2, 0.25) is 0 Å². The van der Waals surface area contributed by atoms with Crippen LogP contribution in [0.15, 0.2) is 0 Å². The van der Waals surface area contributed by atoms with E-state index in [1.807, 2.05) is 0 Å². The Kier molecular flexibility index (Phi) is 4.44. The molecule has 24 heavy (non-hydrogen) atoms. The summed E-state index contributed by atoms with van der Waals surface area (Å²) in [4.78, 5) is 13.7. The molecule has 0 aliphatic carbocycles. The van der Waals surface area contributed by atoms with E-state index in [1.54, 1.807) is 0 Å². The molecule has 2 atom stereocenters. The van der Waals surface area contributed by atoms with Gasteiger partial charge in [-0.25, -0.2) is 0 Å². The minimum absolute atomic E-state index is 0.0133. The van der Waals surface area contributed by atoms with Crippen molar-refractivity contribution < 1.29 is 28.4 Å². The van der Waals surface area contributed by atoms with Crippen LogP contribution in [0.5, 0.6) is 0 Å². The second-order valence-electron chi connectivity index (χ2n) is 7.28. The van der Waals surface area contributed by atoms with Crippen LogP contribution >= 0.6 is 0 Å². The molecule has 10 nitrogen and oxygen atoms in total. The normalized spacial score (nSPS) is 38.5. The Morgan fingerprint density at radius 3 is 2.38 bits per heavy atom. The Morgan fingerprint density at radius 1 is 1.29 bits per heavy atom. The van der Waals surface area contributed by atoms with Crippen molar-refractivity contribution in [2.45, 2.75) is 30.2 Å². The van der Waals surface area contributed by atoms with Crippen LogP contribution in [0.4, 0.5) is 0 Å². The molecule has 4 heterocycles. The van der Waals surface area contributed by atoms with Gasteiger partial charge in [0.25, 0.3) is 10.2 Å². The summed E-state index contributed by atoms with van der Waals surface area (Å²) in [5.74, 6) is -1.83. The first-order valence-electron chi connectivity index (χ1n) is 7.96. The molecule has 6 N–H and O–H groups in total. The highest BCUT2D eigenvalue weighted by atomic mass is 32.2. The van der Waals surface area contributed by atoms with E-state index in [0.29, 0.717) is 32.5 Å². The maximum Gasteiger partial charge on any atom is 0.451 e. The Balaban J connectivity index is 1.67. The summed E-state index contributed by atoms with van der Waals surface area (Å²) >= 11 is 0. The van der Waals surface area contributed by atoms with Crippen LogP contribution in [-0.4, -0.2) is 89.7 Å². The standard InChI is InChI=1S/C12H23BN4O6S/c14-12(10(18)19)8-17(4-9(12)2-1-3-13(20)21)24(22,23)15-11-5-16(6-11)7-11/h9,15,20-21H,1-8,14H2,(H,18,19)/t9-,12-/m0/s1. The fraction of sp³-hybridized carbons (Fsp3) is 0.917. The largest absolute Gasteiger partial charge is 0.480 e. The summed E-state index contributed by atoms with van der Waals surface area (Å²) in [5.41, 5.74) is 3.93. The molecular formula is C12H23BN4O6S. The van der Waals surface area contributed by atoms with E-state index in [4.69, 9.17) is 15.8 Å². The Hall–Kier alpha value is -0.755. The lowest BCUT2D eigenvalue weighted by Gasteiger charge is -2.63. The van der Waals surface area contributed by atoms with Gasteiger partial charge in [0, 0.05) is 38.6 Å². The number of carboxylic acid groups (broad SMARTS) is 1. The minimum Gasteiger partial charge on any atom is -0.480 e. The van der Waals surface area contributed by atoms with Crippen molar-refractivity contribution in [2.24, 2.45) is 11.7 Å². The maximum absolute atomic E-state index is 12.6. The van der Waals surface area contributed by atoms with Crippen molar-refractivity contribution in [1.29, 1.82) is 0 Å². The van der Waals surface area contributed by atoms with Gasteiger partial charge in [0.1, 0.15) is 5.54 Å². The van der Waals surface area contributed by atoms with Crippen LogP contribution in [0.1, 0.15) is 12.8 Å².